The molecule has 11 heteroatoms. The number of halogens is 3. The van der Waals surface area contributed by atoms with Gasteiger partial charge in [-0.05, 0) is 30.7 Å². The first kappa shape index (κ1) is 23.1. The predicted octanol–water partition coefficient (Wildman–Crippen LogP) is 2.12. The van der Waals surface area contributed by atoms with Crippen molar-refractivity contribution in [1.82, 2.24) is 5.48 Å². The van der Waals surface area contributed by atoms with Crippen molar-refractivity contribution in [3.05, 3.63) is 58.4 Å². The van der Waals surface area contributed by atoms with Gasteiger partial charge < -0.3 is 21.0 Å². The molecule has 0 spiro atoms. The van der Waals surface area contributed by atoms with Crippen molar-refractivity contribution in [2.24, 2.45) is 10.9 Å². The third kappa shape index (κ3) is 5.92. The van der Waals surface area contributed by atoms with Crippen molar-refractivity contribution < 1.29 is 32.7 Å². The van der Waals surface area contributed by atoms with Gasteiger partial charge in [-0.3, -0.25) is 9.63 Å². The number of aryl methyl sites for hydroxylation is 1. The molecular weight excluding hydrogens is 405 g/mol. The lowest BCUT2D eigenvalue weighted by Gasteiger charge is -2.15. The fourth-order valence-corrected chi connectivity index (χ4v) is 2.31. The average molecular weight is 426 g/mol. The Morgan fingerprint density at radius 1 is 1.23 bits per heavy atom. The van der Waals surface area contributed by atoms with Crippen molar-refractivity contribution in [3.63, 3.8) is 0 Å². The summed E-state index contributed by atoms with van der Waals surface area (Å²) in [6.45, 7) is 1.26. The van der Waals surface area contributed by atoms with Crippen LogP contribution in [-0.2, 0) is 9.68 Å². The van der Waals surface area contributed by atoms with E-state index in [2.05, 4.69) is 10.5 Å². The predicted molar refractivity (Wildman–Crippen MR) is 104 cm³/mol. The smallest absolute Gasteiger partial charge is 0.277 e. The number of nitrogens with one attached hydrogen (secondary N) is 2. The normalized spacial score (nSPS) is 11.0. The lowest BCUT2D eigenvalue weighted by atomic mass is 10.1. The summed E-state index contributed by atoms with van der Waals surface area (Å²) in [5, 5.41) is 14.6. The average Bonchev–Trinajstić information content (AvgIpc) is 2.72. The van der Waals surface area contributed by atoms with Crippen LogP contribution >= 0.6 is 0 Å². The highest BCUT2D eigenvalue weighted by Crippen LogP contribution is 2.30. The third-order valence-corrected chi connectivity index (χ3v) is 3.70. The summed E-state index contributed by atoms with van der Waals surface area (Å²) in [5.74, 6) is -4.46. The molecule has 0 radical (unpaired) electrons. The molecule has 1 amide bonds. The Balaban J connectivity index is 2.47. The molecule has 0 aliphatic rings. The van der Waals surface area contributed by atoms with E-state index >= 15 is 0 Å². The second-order valence-electron chi connectivity index (χ2n) is 5.98. The van der Waals surface area contributed by atoms with E-state index in [1.165, 1.54) is 12.1 Å². The van der Waals surface area contributed by atoms with E-state index in [-0.39, 0.29) is 32.1 Å². The first-order valence-corrected chi connectivity index (χ1v) is 8.82. The first-order valence-electron chi connectivity index (χ1n) is 8.82. The van der Waals surface area contributed by atoms with Crippen molar-refractivity contribution in [3.8, 4) is 0 Å². The Morgan fingerprint density at radius 3 is 2.67 bits per heavy atom. The third-order valence-electron chi connectivity index (χ3n) is 3.70. The molecule has 0 aliphatic carbocycles. The molecule has 5 N–H and O–H groups in total. The summed E-state index contributed by atoms with van der Waals surface area (Å²) in [6, 6.07) is 5.05. The van der Waals surface area contributed by atoms with Gasteiger partial charge in [-0.2, -0.15) is 0 Å². The van der Waals surface area contributed by atoms with E-state index in [9.17, 15) is 18.0 Å². The number of benzene rings is 2. The van der Waals surface area contributed by atoms with Gasteiger partial charge in [-0.1, -0.05) is 11.2 Å². The number of nitrogens with two attached hydrogens (primary N) is 1. The maximum absolute atomic E-state index is 14.8. The van der Waals surface area contributed by atoms with Gasteiger partial charge in [-0.25, -0.2) is 18.7 Å². The van der Waals surface area contributed by atoms with E-state index in [1.807, 2.05) is 5.48 Å². The van der Waals surface area contributed by atoms with Crippen LogP contribution < -0.4 is 16.5 Å². The fraction of sp³-hybridized carbons (Fsp3) is 0.263. The summed E-state index contributed by atoms with van der Waals surface area (Å²) in [5.41, 5.74) is 6.27. The van der Waals surface area contributed by atoms with Gasteiger partial charge in [0.1, 0.15) is 12.4 Å². The summed E-state index contributed by atoms with van der Waals surface area (Å²) < 4.78 is 43.5. The van der Waals surface area contributed by atoms with Gasteiger partial charge in [0.2, 0.25) is 0 Å². The minimum atomic E-state index is -1.44. The van der Waals surface area contributed by atoms with Crippen molar-refractivity contribution in [1.29, 1.82) is 0 Å². The van der Waals surface area contributed by atoms with E-state index in [4.69, 9.17) is 20.5 Å². The second kappa shape index (κ2) is 11.1. The minimum absolute atomic E-state index is 0.0509. The van der Waals surface area contributed by atoms with Crippen LogP contribution in [0.4, 0.5) is 24.5 Å². The van der Waals surface area contributed by atoms with Crippen LogP contribution in [0.2, 0.25) is 0 Å². The van der Waals surface area contributed by atoms with Crippen LogP contribution in [0, 0.1) is 24.4 Å². The molecule has 0 fully saturated rings. The number of hydroxylamine groups is 1. The lowest BCUT2D eigenvalue weighted by molar-refractivity contribution is 0.0168. The number of nitrogens with zero attached hydrogens (tertiary/aromatic N) is 1. The number of carbonyl (C=O) groups excluding carboxylic acids is 1. The molecule has 162 valence electrons. The molecule has 0 heterocycles. The Bertz CT molecular complexity index is 925. The molecule has 0 aromatic heterocycles. The molecule has 2 aromatic rings. The van der Waals surface area contributed by atoms with Crippen molar-refractivity contribution >= 4 is 23.5 Å². The minimum Gasteiger partial charge on any atom is -0.394 e. The van der Waals surface area contributed by atoms with Crippen LogP contribution in [0.5, 0.6) is 0 Å². The number of aliphatic hydroxyl groups excluding tert-OH is 1. The molecule has 0 saturated heterocycles. The molecule has 0 saturated carbocycles. The standard InChI is InChI=1S/C19H21F3N4O4/c1-11-2-3-15(14(20)8-11)25-18-13(19(28)26-30-7-5-27)9-12(16(21)17(18)22)10-24-29-6-4-23/h2-3,8-10,25,27H,4-7,23H2,1H3,(H,26,28)/b24-10+. The van der Waals surface area contributed by atoms with Crippen LogP contribution in [-0.4, -0.2) is 43.6 Å². The number of aliphatic hydroxyl groups is 1. The Hall–Kier alpha value is -3.15. The van der Waals surface area contributed by atoms with Gasteiger partial charge >= 0.3 is 0 Å². The Morgan fingerprint density at radius 2 is 2.00 bits per heavy atom. The zero-order chi connectivity index (χ0) is 22.1. The maximum atomic E-state index is 14.8. The molecule has 2 rings (SSSR count). The van der Waals surface area contributed by atoms with E-state index in [0.717, 1.165) is 12.3 Å². The number of carbonyl (C=O) groups is 1. The lowest BCUT2D eigenvalue weighted by Crippen LogP contribution is -2.26. The van der Waals surface area contributed by atoms with Crippen LogP contribution in [0.25, 0.3) is 0 Å². The highest BCUT2D eigenvalue weighted by molar-refractivity contribution is 6.01. The number of oxime groups is 1. The number of hydrogen-bond donors (Lipinski definition) is 4. The van der Waals surface area contributed by atoms with Gasteiger partial charge in [0.15, 0.2) is 11.6 Å². The maximum Gasteiger partial charge on any atom is 0.277 e. The monoisotopic (exact) mass is 426 g/mol. The van der Waals surface area contributed by atoms with Crippen LogP contribution in [0.1, 0.15) is 21.5 Å². The number of hydrogen-bond acceptors (Lipinski definition) is 7. The zero-order valence-corrected chi connectivity index (χ0v) is 16.0. The van der Waals surface area contributed by atoms with Crippen LogP contribution in [0.3, 0.4) is 0 Å². The molecular formula is C19H21F3N4O4. The molecule has 8 nitrogen and oxygen atoms in total. The van der Waals surface area contributed by atoms with E-state index < -0.39 is 40.2 Å². The summed E-state index contributed by atoms with van der Waals surface area (Å²) in [6.07, 6.45) is 0.871. The Kier molecular flexibility index (Phi) is 8.59. The fourth-order valence-electron chi connectivity index (χ4n) is 2.31. The Labute approximate surface area is 170 Å². The summed E-state index contributed by atoms with van der Waals surface area (Å²) in [7, 11) is 0. The first-order chi connectivity index (χ1) is 14.4. The second-order valence-corrected chi connectivity index (χ2v) is 5.98. The molecule has 0 atom stereocenters. The summed E-state index contributed by atoms with van der Waals surface area (Å²) >= 11 is 0. The van der Waals surface area contributed by atoms with Crippen LogP contribution in [0.15, 0.2) is 29.4 Å². The topological polar surface area (TPSA) is 118 Å². The number of amides is 1. The van der Waals surface area contributed by atoms with Gasteiger partial charge in [0, 0.05) is 12.1 Å². The van der Waals surface area contributed by atoms with Gasteiger partial charge in [0.25, 0.3) is 5.91 Å². The van der Waals surface area contributed by atoms with E-state index in [1.54, 1.807) is 13.0 Å². The summed E-state index contributed by atoms with van der Waals surface area (Å²) in [4.78, 5) is 21.9. The van der Waals surface area contributed by atoms with Crippen molar-refractivity contribution in [2.75, 3.05) is 31.7 Å². The quantitative estimate of drug-likeness (QED) is 0.263. The van der Waals surface area contributed by atoms with Gasteiger partial charge in [0.05, 0.1) is 36.4 Å². The van der Waals surface area contributed by atoms with Gasteiger partial charge in [-0.15, -0.1) is 0 Å². The SMILES string of the molecule is Cc1ccc(Nc2c(C(=O)NOCCO)cc(/C=N/OCCN)c(F)c2F)c(F)c1. The molecule has 0 aliphatic heterocycles. The number of rotatable bonds is 10. The molecule has 2 aromatic carbocycles. The van der Waals surface area contributed by atoms with E-state index in [0.29, 0.717) is 5.56 Å². The zero-order valence-electron chi connectivity index (χ0n) is 16.0. The van der Waals surface area contributed by atoms with Crippen molar-refractivity contribution in [2.45, 2.75) is 6.92 Å². The highest BCUT2D eigenvalue weighted by Gasteiger charge is 2.23. The number of anilines is 2. The molecule has 0 bridgehead atoms. The highest BCUT2D eigenvalue weighted by atomic mass is 19.2. The molecule has 0 unspecified atom stereocenters. The largest absolute Gasteiger partial charge is 0.394 e. The molecule has 30 heavy (non-hydrogen) atoms.